The van der Waals surface area contributed by atoms with Crippen LogP contribution in [0.2, 0.25) is 0 Å². The molecule has 0 radical (unpaired) electrons. The summed E-state index contributed by atoms with van der Waals surface area (Å²) in [5.74, 6) is 0. The van der Waals surface area contributed by atoms with Crippen LogP contribution < -0.4 is 0 Å². The summed E-state index contributed by atoms with van der Waals surface area (Å²) >= 11 is 0. The van der Waals surface area contributed by atoms with E-state index in [9.17, 15) is 4.79 Å². The molecule has 2 heteroatoms. The summed E-state index contributed by atoms with van der Waals surface area (Å²) in [5.41, 5.74) is 2.67. The van der Waals surface area contributed by atoms with Crippen molar-refractivity contribution < 1.29 is 4.79 Å². The van der Waals surface area contributed by atoms with Crippen LogP contribution in [0.4, 0.5) is 0 Å². The molecule has 0 N–H and O–H groups in total. The summed E-state index contributed by atoms with van der Waals surface area (Å²) in [4.78, 5) is 10.8. The Morgan fingerprint density at radius 3 is 1.61 bits per heavy atom. The normalized spacial score (nSPS) is 10.5. The standard InChI is InChI=1S/C16H17OP/c17-11-12-18(13-15-7-3-1-4-8-15)14-16-9-5-2-6-10-16/h1-11H,12-14H2. The van der Waals surface area contributed by atoms with Crippen molar-refractivity contribution in [1.82, 2.24) is 0 Å². The van der Waals surface area contributed by atoms with Gasteiger partial charge in [0.2, 0.25) is 0 Å². The first kappa shape index (κ1) is 13.0. The molecule has 0 saturated heterocycles. The maximum Gasteiger partial charge on any atom is 0.124 e. The molecule has 0 amide bonds. The topological polar surface area (TPSA) is 17.1 Å². The van der Waals surface area contributed by atoms with E-state index >= 15 is 0 Å². The second-order valence-electron chi connectivity index (χ2n) is 4.31. The third-order valence-corrected chi connectivity index (χ3v) is 5.12. The van der Waals surface area contributed by atoms with Gasteiger partial charge in [0, 0.05) is 6.16 Å². The lowest BCUT2D eigenvalue weighted by molar-refractivity contribution is -0.105. The van der Waals surface area contributed by atoms with Gasteiger partial charge in [-0.2, -0.15) is 0 Å². The van der Waals surface area contributed by atoms with Crippen molar-refractivity contribution in [3.63, 3.8) is 0 Å². The van der Waals surface area contributed by atoms with E-state index in [0.717, 1.165) is 18.6 Å². The monoisotopic (exact) mass is 256 g/mol. The molecule has 0 aromatic heterocycles. The Labute approximate surface area is 110 Å². The molecule has 2 rings (SSSR count). The molecule has 18 heavy (non-hydrogen) atoms. The molecule has 0 fully saturated rings. The summed E-state index contributed by atoms with van der Waals surface area (Å²) in [6.07, 6.45) is 3.82. The van der Waals surface area contributed by atoms with Crippen molar-refractivity contribution in [2.24, 2.45) is 0 Å². The van der Waals surface area contributed by atoms with Gasteiger partial charge in [0.1, 0.15) is 6.29 Å². The van der Waals surface area contributed by atoms with Gasteiger partial charge >= 0.3 is 0 Å². The summed E-state index contributed by atoms with van der Waals surface area (Å²) in [7, 11) is -0.281. The van der Waals surface area contributed by atoms with Crippen molar-refractivity contribution >= 4 is 14.2 Å². The van der Waals surface area contributed by atoms with Crippen LogP contribution in [-0.4, -0.2) is 12.4 Å². The van der Waals surface area contributed by atoms with Crippen LogP contribution >= 0.6 is 7.92 Å². The Kier molecular flexibility index (Phi) is 5.11. The van der Waals surface area contributed by atoms with Crippen molar-refractivity contribution in [2.75, 3.05) is 6.16 Å². The largest absolute Gasteiger partial charge is 0.303 e. The molecule has 2 aromatic rings. The minimum atomic E-state index is -0.281. The fourth-order valence-corrected chi connectivity index (χ4v) is 4.01. The second-order valence-corrected chi connectivity index (χ2v) is 6.65. The van der Waals surface area contributed by atoms with Crippen LogP contribution in [0.1, 0.15) is 11.1 Å². The number of rotatable bonds is 6. The van der Waals surface area contributed by atoms with Gasteiger partial charge in [0.05, 0.1) is 0 Å². The molecule has 0 spiro atoms. The van der Waals surface area contributed by atoms with Crippen LogP contribution in [-0.2, 0) is 17.1 Å². The first-order valence-electron chi connectivity index (χ1n) is 6.12. The Hall–Kier alpha value is -1.46. The molecule has 0 bridgehead atoms. The molecule has 0 atom stereocenters. The van der Waals surface area contributed by atoms with Gasteiger partial charge in [-0.25, -0.2) is 0 Å². The van der Waals surface area contributed by atoms with E-state index in [1.54, 1.807) is 0 Å². The molecule has 0 aliphatic rings. The van der Waals surface area contributed by atoms with Gasteiger partial charge < -0.3 is 4.79 Å². The van der Waals surface area contributed by atoms with Crippen molar-refractivity contribution in [3.05, 3.63) is 71.8 Å². The van der Waals surface area contributed by atoms with Crippen LogP contribution in [0.15, 0.2) is 60.7 Å². The van der Waals surface area contributed by atoms with Gasteiger partial charge in [-0.1, -0.05) is 68.6 Å². The lowest BCUT2D eigenvalue weighted by Gasteiger charge is -2.15. The smallest absolute Gasteiger partial charge is 0.124 e. The molecule has 1 nitrogen and oxygen atoms in total. The highest BCUT2D eigenvalue weighted by Gasteiger charge is 2.09. The Morgan fingerprint density at radius 1 is 0.778 bits per heavy atom. The summed E-state index contributed by atoms with van der Waals surface area (Å²) in [6, 6.07) is 20.9. The molecule has 0 aliphatic carbocycles. The second kappa shape index (κ2) is 7.08. The van der Waals surface area contributed by atoms with Crippen molar-refractivity contribution in [3.8, 4) is 0 Å². The first-order valence-corrected chi connectivity index (χ1v) is 8.02. The predicted octanol–water partition coefficient (Wildman–Crippen LogP) is 4.07. The van der Waals surface area contributed by atoms with E-state index < -0.39 is 0 Å². The fraction of sp³-hybridized carbons (Fsp3) is 0.188. The SMILES string of the molecule is O=CCP(Cc1ccccc1)Cc1ccccc1. The average molecular weight is 256 g/mol. The number of carbonyl (C=O) groups is 1. The third-order valence-electron chi connectivity index (χ3n) is 2.83. The van der Waals surface area contributed by atoms with E-state index in [4.69, 9.17) is 0 Å². The van der Waals surface area contributed by atoms with Crippen LogP contribution in [0, 0.1) is 0 Å². The molecule has 2 aromatic carbocycles. The molecule has 0 heterocycles. The van der Waals surface area contributed by atoms with Gasteiger partial charge in [-0.05, 0) is 23.5 Å². The maximum atomic E-state index is 10.8. The minimum absolute atomic E-state index is 0.281. The highest BCUT2D eigenvalue weighted by molar-refractivity contribution is 7.56. The molecule has 0 aliphatic heterocycles. The van der Waals surface area contributed by atoms with Crippen molar-refractivity contribution in [1.29, 1.82) is 0 Å². The quantitative estimate of drug-likeness (QED) is 0.562. The van der Waals surface area contributed by atoms with Crippen molar-refractivity contribution in [2.45, 2.75) is 12.3 Å². The van der Waals surface area contributed by atoms with E-state index in [0.29, 0.717) is 6.16 Å². The first-order chi connectivity index (χ1) is 8.88. The minimum Gasteiger partial charge on any atom is -0.303 e. The zero-order chi connectivity index (χ0) is 12.6. The number of hydrogen-bond donors (Lipinski definition) is 0. The molecule has 0 saturated carbocycles. The summed E-state index contributed by atoms with van der Waals surface area (Å²) < 4.78 is 0. The highest BCUT2D eigenvalue weighted by atomic mass is 31.1. The molecule has 0 unspecified atom stereocenters. The maximum absolute atomic E-state index is 10.8. The van der Waals surface area contributed by atoms with Crippen LogP contribution in [0.5, 0.6) is 0 Å². The molecular weight excluding hydrogens is 239 g/mol. The Bertz CT molecular complexity index is 425. The van der Waals surface area contributed by atoms with Gasteiger partial charge in [0.25, 0.3) is 0 Å². The predicted molar refractivity (Wildman–Crippen MR) is 78.1 cm³/mol. The zero-order valence-corrected chi connectivity index (χ0v) is 11.2. The molecular formula is C16H17OP. The summed E-state index contributed by atoms with van der Waals surface area (Å²) in [5, 5.41) is 0. The number of benzene rings is 2. The average Bonchev–Trinajstić information content (AvgIpc) is 2.41. The number of carbonyl (C=O) groups excluding carboxylic acids is 1. The van der Waals surface area contributed by atoms with E-state index in [-0.39, 0.29) is 7.92 Å². The summed E-state index contributed by atoms with van der Waals surface area (Å²) in [6.45, 7) is 0. The lowest BCUT2D eigenvalue weighted by atomic mass is 10.2. The van der Waals surface area contributed by atoms with Gasteiger partial charge in [-0.15, -0.1) is 0 Å². The number of aldehydes is 1. The highest BCUT2D eigenvalue weighted by Crippen LogP contribution is 2.42. The Balaban J connectivity index is 2.02. The van der Waals surface area contributed by atoms with E-state index in [2.05, 4.69) is 48.5 Å². The molecule has 92 valence electrons. The van der Waals surface area contributed by atoms with E-state index in [1.807, 2.05) is 12.1 Å². The third kappa shape index (κ3) is 4.09. The van der Waals surface area contributed by atoms with Gasteiger partial charge in [-0.3, -0.25) is 0 Å². The van der Waals surface area contributed by atoms with Crippen LogP contribution in [0.3, 0.4) is 0 Å². The Morgan fingerprint density at radius 2 is 1.22 bits per heavy atom. The van der Waals surface area contributed by atoms with Crippen LogP contribution in [0.25, 0.3) is 0 Å². The zero-order valence-electron chi connectivity index (χ0n) is 10.3. The lowest BCUT2D eigenvalue weighted by Crippen LogP contribution is -1.94. The van der Waals surface area contributed by atoms with E-state index in [1.165, 1.54) is 11.1 Å². The van der Waals surface area contributed by atoms with Gasteiger partial charge in [0.15, 0.2) is 0 Å². The number of hydrogen-bond acceptors (Lipinski definition) is 1. The fourth-order valence-electron chi connectivity index (χ4n) is 1.97.